The molecule has 0 unspecified atom stereocenters. The number of rotatable bonds is 17. The molecule has 16 heterocycles. The van der Waals surface area contributed by atoms with Crippen LogP contribution < -0.4 is 25.2 Å². The molecular formula is C75H76BClN16O8Si2. The Labute approximate surface area is 599 Å². The zero-order valence-electron chi connectivity index (χ0n) is 58.3. The Kier molecular flexibility index (Phi) is 22.4. The first-order valence-corrected chi connectivity index (χ1v) is 40.9. The number of aromatic amines is 3. The Bertz CT molecular complexity index is 5690. The van der Waals surface area contributed by atoms with Crippen molar-refractivity contribution in [3.05, 3.63) is 211 Å². The van der Waals surface area contributed by atoms with E-state index in [1.807, 2.05) is 122 Å². The maximum Gasteiger partial charge on any atom is 0.488 e. The van der Waals surface area contributed by atoms with Gasteiger partial charge in [0, 0.05) is 188 Å². The van der Waals surface area contributed by atoms with Crippen molar-refractivity contribution in [1.29, 1.82) is 0 Å². The average molecular weight is 1430 g/mol. The monoisotopic (exact) mass is 1430 g/mol. The predicted octanol–water partition coefficient (Wildman–Crippen LogP) is 13.9. The molecule has 0 radical (unpaired) electrons. The zero-order chi connectivity index (χ0) is 72.2. The van der Waals surface area contributed by atoms with Crippen LogP contribution in [0.25, 0.3) is 122 Å². The standard InChI is InChI=1S/C22H26N4O2Si.C16H20ClN3OSi.C16H12N4O.C15H10N4O.C6H8BNO3/c1-27-21-13-16(7-10-24-21)19-6-5-17-18-14-23-9-8-20(18)26(22(17)25-19)15-28-11-12-29(2,3)4;1-22(2,3)9-8-21-11-20-14-6-7-18-10-13(14)12-4-5-15(17)19-16(12)20;1-21-15-8-10(4-7-18-15)13-3-2-11-12-9-17-6-5-14(12)20-16(11)19-13;20-14-7-9(3-6-17-14)12-2-1-10-11-8-16-5-4-13(11)19-15(10)18-12;1-11-6-4-5(7(9)10)2-3-8-6/h5-10,13-14H,11-12,15H2,1-4H3;4-7,10H,8-9,11H2,1-3H3;2-9H,1H3,(H,19,20);1-8H,(H,17,20)(H,18,19);2-4,9-10H,1H3. The quantitative estimate of drug-likeness (QED) is 0.0321. The molecule has 16 aromatic rings. The third kappa shape index (κ3) is 17.4. The lowest BCUT2D eigenvalue weighted by molar-refractivity contribution is 0.0924. The summed E-state index contributed by atoms with van der Waals surface area (Å²) >= 11 is 6.06. The largest absolute Gasteiger partial charge is 0.488 e. The number of H-pyrrole nitrogens is 3. The highest BCUT2D eigenvalue weighted by Gasteiger charge is 2.19. The first-order valence-electron chi connectivity index (χ1n) is 33.1. The Hall–Kier alpha value is -11.2. The van der Waals surface area contributed by atoms with Crippen molar-refractivity contribution in [3.8, 4) is 51.4 Å². The second-order valence-electron chi connectivity index (χ2n) is 26.3. The lowest BCUT2D eigenvalue weighted by Gasteiger charge is -2.16. The van der Waals surface area contributed by atoms with Gasteiger partial charge in [0.15, 0.2) is 0 Å². The summed E-state index contributed by atoms with van der Waals surface area (Å²) in [5.41, 5.74) is 13.1. The number of ether oxygens (including phenoxy) is 5. The molecule has 0 saturated carbocycles. The van der Waals surface area contributed by atoms with Crippen LogP contribution in [0.2, 0.25) is 56.5 Å². The van der Waals surface area contributed by atoms with Crippen LogP contribution >= 0.6 is 11.6 Å². The zero-order valence-corrected chi connectivity index (χ0v) is 61.1. The van der Waals surface area contributed by atoms with Crippen LogP contribution in [0.5, 0.6) is 17.6 Å². The third-order valence-electron chi connectivity index (χ3n) is 16.8. The van der Waals surface area contributed by atoms with Gasteiger partial charge in [-0.3, -0.25) is 24.7 Å². The fourth-order valence-electron chi connectivity index (χ4n) is 11.3. The molecule has 0 fully saturated rings. The van der Waals surface area contributed by atoms with Crippen LogP contribution in [-0.2, 0) is 22.9 Å². The summed E-state index contributed by atoms with van der Waals surface area (Å²) in [5, 5.41) is 26.5. The number of fused-ring (bicyclic) bond motifs is 12. The summed E-state index contributed by atoms with van der Waals surface area (Å²) in [6.07, 6.45) is 21.1. The Morgan fingerprint density at radius 1 is 0.456 bits per heavy atom. The molecule has 16 rings (SSSR count). The minimum atomic E-state index is -1.47. The van der Waals surface area contributed by atoms with E-state index in [-0.39, 0.29) is 5.56 Å². The summed E-state index contributed by atoms with van der Waals surface area (Å²) < 4.78 is 31.4. The molecule has 0 spiro atoms. The van der Waals surface area contributed by atoms with Gasteiger partial charge < -0.3 is 57.8 Å². The molecule has 0 amide bonds. The topological polar surface area (TPSA) is 303 Å². The van der Waals surface area contributed by atoms with Gasteiger partial charge >= 0.3 is 7.12 Å². The first kappa shape index (κ1) is 71.6. The van der Waals surface area contributed by atoms with Gasteiger partial charge in [-0.15, -0.1) is 0 Å². The van der Waals surface area contributed by atoms with E-state index in [9.17, 15) is 4.79 Å². The van der Waals surface area contributed by atoms with Crippen LogP contribution in [0.3, 0.4) is 0 Å². The molecule has 0 saturated heterocycles. The molecule has 522 valence electrons. The second kappa shape index (κ2) is 32.2. The van der Waals surface area contributed by atoms with Crippen LogP contribution in [0, 0.1) is 0 Å². The van der Waals surface area contributed by atoms with Gasteiger partial charge in [0.2, 0.25) is 23.2 Å². The van der Waals surface area contributed by atoms with E-state index in [1.165, 1.54) is 25.4 Å². The Morgan fingerprint density at radius 3 is 1.36 bits per heavy atom. The fraction of sp³-hybridized carbons (Fsp3) is 0.200. The Balaban J connectivity index is 0.000000124. The van der Waals surface area contributed by atoms with Gasteiger partial charge in [0.25, 0.3) is 0 Å². The van der Waals surface area contributed by atoms with Gasteiger partial charge in [-0.25, -0.2) is 34.9 Å². The van der Waals surface area contributed by atoms with Crippen molar-refractivity contribution < 1.29 is 33.7 Å². The highest BCUT2D eigenvalue weighted by Crippen LogP contribution is 2.33. The minimum Gasteiger partial charge on any atom is -0.481 e. The molecule has 28 heteroatoms. The number of nitrogens with zero attached hydrogens (tertiary/aromatic N) is 13. The molecular weight excluding hydrogens is 1360 g/mol. The van der Waals surface area contributed by atoms with Crippen molar-refractivity contribution >= 4 is 128 Å². The molecule has 0 atom stereocenters. The van der Waals surface area contributed by atoms with Crippen molar-refractivity contribution in [2.24, 2.45) is 0 Å². The average Bonchev–Trinajstić information content (AvgIpc) is 1.62. The normalized spacial score (nSPS) is 11.5. The molecule has 103 heavy (non-hydrogen) atoms. The SMILES string of the molecule is COc1cc(-c2ccc3c(n2)[nH]c2ccncc23)ccn1.COc1cc(-c2ccc3c4cnccc4n(COCC[Si](C)(C)C)c3n2)ccn1.COc1cc(B(O)O)ccn1.C[Si](C)(C)CCOCn1c2ccncc2c2ccc(Cl)nc21.O=c1cc(-c2ccc3c(n2)[nH]c2ccncc23)cc[nH]1. The van der Waals surface area contributed by atoms with E-state index >= 15 is 0 Å². The van der Waals surface area contributed by atoms with Crippen molar-refractivity contribution in [2.75, 3.05) is 34.5 Å². The summed E-state index contributed by atoms with van der Waals surface area (Å²) in [4.78, 5) is 68.2. The number of hydrogen-bond donors (Lipinski definition) is 5. The lowest BCUT2D eigenvalue weighted by atomic mass is 9.81. The van der Waals surface area contributed by atoms with Gasteiger partial charge in [-0.2, -0.15) is 0 Å². The van der Waals surface area contributed by atoms with Gasteiger partial charge in [-0.1, -0.05) is 50.9 Å². The second-order valence-corrected chi connectivity index (χ2v) is 37.9. The van der Waals surface area contributed by atoms with E-state index in [4.69, 9.17) is 55.3 Å². The highest BCUT2D eigenvalue weighted by molar-refractivity contribution is 6.76. The number of nitrogens with one attached hydrogen (secondary N) is 3. The molecule has 0 bridgehead atoms. The fourth-order valence-corrected chi connectivity index (χ4v) is 13.0. The van der Waals surface area contributed by atoms with Gasteiger partial charge in [-0.05, 0) is 115 Å². The molecule has 24 nitrogen and oxygen atoms in total. The summed E-state index contributed by atoms with van der Waals surface area (Å²) in [6, 6.07) is 40.1. The number of hydrogen-bond acceptors (Lipinski definition) is 19. The molecule has 5 N–H and O–H groups in total. The lowest BCUT2D eigenvalue weighted by Crippen LogP contribution is -2.29. The minimum absolute atomic E-state index is 0.134. The van der Waals surface area contributed by atoms with Crippen LogP contribution in [0.1, 0.15) is 0 Å². The van der Waals surface area contributed by atoms with E-state index in [2.05, 4.69) is 120 Å². The molecule has 0 aliphatic rings. The third-order valence-corrected chi connectivity index (χ3v) is 20.4. The Morgan fingerprint density at radius 2 is 0.883 bits per heavy atom. The van der Waals surface area contributed by atoms with Gasteiger partial charge in [0.1, 0.15) is 41.2 Å². The van der Waals surface area contributed by atoms with Crippen molar-refractivity contribution in [1.82, 2.24) is 78.9 Å². The first-order chi connectivity index (χ1) is 49.8. The molecule has 16 aromatic heterocycles. The summed E-state index contributed by atoms with van der Waals surface area (Å²) in [7, 11) is 1.02. The number of halogens is 1. The van der Waals surface area contributed by atoms with Gasteiger partial charge in [0.05, 0.1) is 60.5 Å². The predicted molar refractivity (Wildman–Crippen MR) is 412 cm³/mol. The molecule has 0 aliphatic heterocycles. The van der Waals surface area contributed by atoms with Crippen molar-refractivity contribution in [2.45, 2.75) is 64.8 Å². The van der Waals surface area contributed by atoms with E-state index in [0.717, 1.165) is 147 Å². The van der Waals surface area contributed by atoms with Crippen LogP contribution in [-0.4, -0.2) is 147 Å². The molecule has 0 aromatic carbocycles. The maximum absolute atomic E-state index is 11.4. The van der Waals surface area contributed by atoms with E-state index < -0.39 is 23.3 Å². The number of methoxy groups -OCH3 is 3. The highest BCUT2D eigenvalue weighted by atomic mass is 35.5. The number of pyridine rings is 12. The summed E-state index contributed by atoms with van der Waals surface area (Å²) in [6.45, 7) is 16.6. The molecule has 0 aliphatic carbocycles. The number of aromatic nitrogens is 16. The van der Waals surface area contributed by atoms with E-state index in [1.54, 1.807) is 57.5 Å². The van der Waals surface area contributed by atoms with Crippen LogP contribution in [0.15, 0.2) is 200 Å². The maximum atomic E-state index is 11.4. The van der Waals surface area contributed by atoms with Crippen molar-refractivity contribution in [3.63, 3.8) is 0 Å². The van der Waals surface area contributed by atoms with E-state index in [0.29, 0.717) is 41.7 Å². The van der Waals surface area contributed by atoms with Crippen LogP contribution in [0.4, 0.5) is 0 Å². The summed E-state index contributed by atoms with van der Waals surface area (Å²) in [5.74, 6) is 1.52. The smallest absolute Gasteiger partial charge is 0.481 e.